The number of hydrogen-bond donors (Lipinski definition) is 2. The maximum absolute atomic E-state index is 12.0. The van der Waals surface area contributed by atoms with Crippen molar-refractivity contribution < 1.29 is 24.2 Å². The summed E-state index contributed by atoms with van der Waals surface area (Å²) in [4.78, 5) is 23.5. The fourth-order valence-corrected chi connectivity index (χ4v) is 2.76. The minimum atomic E-state index is -0.959. The topological polar surface area (TPSA) is 84.9 Å². The molecule has 29 heavy (non-hydrogen) atoms. The minimum absolute atomic E-state index is 0.236. The number of carboxylic acids is 1. The van der Waals surface area contributed by atoms with Crippen molar-refractivity contribution in [2.24, 2.45) is 0 Å². The third-order valence-corrected chi connectivity index (χ3v) is 4.15. The van der Waals surface area contributed by atoms with E-state index in [9.17, 15) is 14.7 Å². The summed E-state index contributed by atoms with van der Waals surface area (Å²) in [5, 5.41) is 12.1. The minimum Gasteiger partial charge on any atom is -0.493 e. The lowest BCUT2D eigenvalue weighted by Gasteiger charge is -2.20. The molecule has 0 radical (unpaired) electrons. The van der Waals surface area contributed by atoms with Crippen LogP contribution in [-0.2, 0) is 11.3 Å². The molecule has 0 aliphatic rings. The molecule has 0 bridgehead atoms. The molecule has 0 fully saturated rings. The lowest BCUT2D eigenvalue weighted by atomic mass is 9.98. The number of carboxylic acid groups (broad SMARTS) is 1. The summed E-state index contributed by atoms with van der Waals surface area (Å²) in [5.74, 6) is -0.281. The summed E-state index contributed by atoms with van der Waals surface area (Å²) in [7, 11) is 0. The normalized spacial score (nSPS) is 11.1. The van der Waals surface area contributed by atoms with Gasteiger partial charge in [-0.3, -0.25) is 0 Å². The van der Waals surface area contributed by atoms with Crippen molar-refractivity contribution in [1.29, 1.82) is 0 Å². The molecule has 0 aromatic heterocycles. The monoisotopic (exact) mass is 399 g/mol. The molecule has 2 aromatic rings. The van der Waals surface area contributed by atoms with Crippen molar-refractivity contribution in [2.45, 2.75) is 53.2 Å². The molecule has 2 rings (SSSR count). The second-order valence-electron chi connectivity index (χ2n) is 7.86. The maximum Gasteiger partial charge on any atom is 0.407 e. The quantitative estimate of drug-likeness (QED) is 0.671. The van der Waals surface area contributed by atoms with Crippen LogP contribution in [0.1, 0.15) is 55.6 Å². The first-order chi connectivity index (χ1) is 13.6. The highest BCUT2D eigenvalue weighted by Gasteiger charge is 2.17. The number of rotatable bonds is 7. The Labute approximate surface area is 171 Å². The number of nitrogens with one attached hydrogen (secondary N) is 1. The van der Waals surface area contributed by atoms with Gasteiger partial charge < -0.3 is 19.9 Å². The average molecular weight is 399 g/mol. The van der Waals surface area contributed by atoms with Gasteiger partial charge in [-0.25, -0.2) is 9.59 Å². The van der Waals surface area contributed by atoms with E-state index >= 15 is 0 Å². The number of carbonyl (C=O) groups excluding carboxylic acids is 1. The van der Waals surface area contributed by atoms with Crippen molar-refractivity contribution in [1.82, 2.24) is 5.32 Å². The van der Waals surface area contributed by atoms with Gasteiger partial charge in [-0.1, -0.05) is 25.1 Å². The highest BCUT2D eigenvalue weighted by molar-refractivity contribution is 5.91. The summed E-state index contributed by atoms with van der Waals surface area (Å²) in [6.45, 7) is 10.0. The van der Waals surface area contributed by atoms with Gasteiger partial charge in [0.1, 0.15) is 11.4 Å². The van der Waals surface area contributed by atoms with E-state index in [0.29, 0.717) is 17.9 Å². The van der Waals surface area contributed by atoms with Crippen LogP contribution in [-0.4, -0.2) is 29.4 Å². The van der Waals surface area contributed by atoms with Crippen LogP contribution >= 0.6 is 0 Å². The number of aromatic carboxylic acids is 1. The molecule has 2 N–H and O–H groups in total. The van der Waals surface area contributed by atoms with Crippen molar-refractivity contribution >= 4 is 12.1 Å². The maximum atomic E-state index is 12.0. The molecule has 2 aromatic carbocycles. The van der Waals surface area contributed by atoms with Crippen LogP contribution in [0.4, 0.5) is 4.79 Å². The number of hydrogen-bond acceptors (Lipinski definition) is 4. The molecular weight excluding hydrogens is 370 g/mol. The average Bonchev–Trinajstić information content (AvgIpc) is 2.63. The predicted molar refractivity (Wildman–Crippen MR) is 112 cm³/mol. The van der Waals surface area contributed by atoms with Crippen LogP contribution in [0.5, 0.6) is 5.75 Å². The Bertz CT molecular complexity index is 883. The van der Waals surface area contributed by atoms with Crippen LogP contribution in [0.3, 0.4) is 0 Å². The van der Waals surface area contributed by atoms with Gasteiger partial charge in [0.2, 0.25) is 0 Å². The fourth-order valence-electron chi connectivity index (χ4n) is 2.76. The van der Waals surface area contributed by atoms with E-state index in [1.54, 1.807) is 39.8 Å². The van der Waals surface area contributed by atoms with E-state index in [4.69, 9.17) is 9.47 Å². The molecule has 0 atom stereocenters. The van der Waals surface area contributed by atoms with Gasteiger partial charge in [0.15, 0.2) is 0 Å². The third kappa shape index (κ3) is 6.52. The molecule has 0 spiro atoms. The molecule has 6 nitrogen and oxygen atoms in total. The van der Waals surface area contributed by atoms with Crippen molar-refractivity contribution in [3.05, 3.63) is 53.1 Å². The zero-order valence-corrected chi connectivity index (χ0v) is 17.7. The van der Waals surface area contributed by atoms with Gasteiger partial charge in [-0.05, 0) is 69.0 Å². The Hall–Kier alpha value is -3.02. The number of alkyl carbamates (subject to hydrolysis) is 1. The fraction of sp³-hybridized carbons (Fsp3) is 0.391. The summed E-state index contributed by atoms with van der Waals surface area (Å²) < 4.78 is 11.1. The number of aryl methyl sites for hydroxylation is 1. The van der Waals surface area contributed by atoms with Crippen molar-refractivity contribution in [3.63, 3.8) is 0 Å². The van der Waals surface area contributed by atoms with E-state index in [-0.39, 0.29) is 12.1 Å². The largest absolute Gasteiger partial charge is 0.493 e. The van der Waals surface area contributed by atoms with Gasteiger partial charge in [-0.15, -0.1) is 0 Å². The Balaban J connectivity index is 2.32. The standard InChI is InChI=1S/C23H29NO5/c1-6-11-28-20-10-9-16(17-8-7-15(2)19(13-17)21(25)26)12-18(20)14-24-22(27)29-23(3,4)5/h7-10,12-13H,6,11,14H2,1-5H3,(H,24,27)(H,25,26). The highest BCUT2D eigenvalue weighted by Crippen LogP contribution is 2.28. The molecule has 0 unspecified atom stereocenters. The van der Waals surface area contributed by atoms with Crippen molar-refractivity contribution in [2.75, 3.05) is 6.61 Å². The Kier molecular flexibility index (Phi) is 7.26. The molecule has 0 saturated heterocycles. The summed E-state index contributed by atoms with van der Waals surface area (Å²) in [6.07, 6.45) is 0.355. The summed E-state index contributed by atoms with van der Waals surface area (Å²) in [5.41, 5.74) is 2.81. The van der Waals surface area contributed by atoms with E-state index in [0.717, 1.165) is 23.1 Å². The number of amides is 1. The smallest absolute Gasteiger partial charge is 0.407 e. The van der Waals surface area contributed by atoms with Crippen LogP contribution in [0.25, 0.3) is 11.1 Å². The van der Waals surface area contributed by atoms with Crippen molar-refractivity contribution in [3.8, 4) is 16.9 Å². The number of benzene rings is 2. The zero-order valence-electron chi connectivity index (χ0n) is 17.7. The summed E-state index contributed by atoms with van der Waals surface area (Å²) >= 11 is 0. The molecule has 0 saturated carbocycles. The van der Waals surface area contributed by atoms with E-state index in [1.807, 2.05) is 31.2 Å². The molecule has 1 amide bonds. The van der Waals surface area contributed by atoms with Crippen LogP contribution in [0.15, 0.2) is 36.4 Å². The Morgan fingerprint density at radius 2 is 1.72 bits per heavy atom. The highest BCUT2D eigenvalue weighted by atomic mass is 16.6. The molecule has 156 valence electrons. The first kappa shape index (κ1) is 22.3. The van der Waals surface area contributed by atoms with E-state index in [1.165, 1.54) is 0 Å². The number of carbonyl (C=O) groups is 2. The number of ether oxygens (including phenoxy) is 2. The van der Waals surface area contributed by atoms with Crippen LogP contribution in [0, 0.1) is 6.92 Å². The molecular formula is C23H29NO5. The van der Waals surface area contributed by atoms with Gasteiger partial charge in [0, 0.05) is 12.1 Å². The first-order valence-corrected chi connectivity index (χ1v) is 9.67. The second kappa shape index (κ2) is 9.45. The second-order valence-corrected chi connectivity index (χ2v) is 7.86. The molecule has 0 aliphatic heterocycles. The van der Waals surface area contributed by atoms with Gasteiger partial charge in [0.05, 0.1) is 12.2 Å². The van der Waals surface area contributed by atoms with Gasteiger partial charge in [0.25, 0.3) is 0 Å². The van der Waals surface area contributed by atoms with Crippen LogP contribution in [0.2, 0.25) is 0 Å². The van der Waals surface area contributed by atoms with Crippen LogP contribution < -0.4 is 10.1 Å². The summed E-state index contributed by atoms with van der Waals surface area (Å²) in [6, 6.07) is 11.0. The predicted octanol–water partition coefficient (Wildman–Crippen LogP) is 5.17. The molecule has 0 heterocycles. The molecule has 0 aliphatic carbocycles. The van der Waals surface area contributed by atoms with E-state index < -0.39 is 17.7 Å². The van der Waals surface area contributed by atoms with Gasteiger partial charge >= 0.3 is 12.1 Å². The Morgan fingerprint density at radius 3 is 2.34 bits per heavy atom. The van der Waals surface area contributed by atoms with E-state index in [2.05, 4.69) is 5.32 Å². The van der Waals surface area contributed by atoms with Gasteiger partial charge in [-0.2, -0.15) is 0 Å². The molecule has 6 heteroatoms. The third-order valence-electron chi connectivity index (χ3n) is 4.15. The first-order valence-electron chi connectivity index (χ1n) is 9.67. The Morgan fingerprint density at radius 1 is 1.07 bits per heavy atom. The zero-order chi connectivity index (χ0) is 21.6. The SMILES string of the molecule is CCCOc1ccc(-c2ccc(C)c(C(=O)O)c2)cc1CNC(=O)OC(C)(C)C. The lowest BCUT2D eigenvalue weighted by molar-refractivity contribution is 0.0522. The lowest BCUT2D eigenvalue weighted by Crippen LogP contribution is -2.32.